The van der Waals surface area contributed by atoms with E-state index in [2.05, 4.69) is 50.2 Å². The SMILES string of the molecule is CCC1C/C(=C2\c3ccccc3-c3ccc(Cl)cc32)CC(C)C1. The van der Waals surface area contributed by atoms with Crippen molar-refractivity contribution in [3.63, 3.8) is 0 Å². The fourth-order valence-corrected chi connectivity index (χ4v) is 4.70. The molecule has 0 spiro atoms. The van der Waals surface area contributed by atoms with Gasteiger partial charge in [-0.05, 0) is 71.1 Å². The Labute approximate surface area is 144 Å². The van der Waals surface area contributed by atoms with E-state index in [0.29, 0.717) is 0 Å². The van der Waals surface area contributed by atoms with Crippen molar-refractivity contribution in [3.05, 3.63) is 64.2 Å². The van der Waals surface area contributed by atoms with E-state index in [1.54, 1.807) is 5.57 Å². The van der Waals surface area contributed by atoms with Crippen molar-refractivity contribution in [1.29, 1.82) is 0 Å². The molecule has 2 aromatic rings. The standard InChI is InChI=1S/C22H23Cl/c1-3-15-10-14(2)11-16(12-15)22-20-7-5-4-6-18(20)19-9-8-17(23)13-21(19)22/h4-9,13-15H,3,10-12H2,1-2H3/b22-16+. The zero-order chi connectivity index (χ0) is 16.0. The molecule has 118 valence electrons. The van der Waals surface area contributed by atoms with Crippen LogP contribution in [-0.2, 0) is 0 Å². The average Bonchev–Trinajstić information content (AvgIpc) is 2.87. The van der Waals surface area contributed by atoms with E-state index < -0.39 is 0 Å². The molecule has 0 bridgehead atoms. The van der Waals surface area contributed by atoms with Gasteiger partial charge in [0.05, 0.1) is 0 Å². The van der Waals surface area contributed by atoms with Crippen LogP contribution in [0.3, 0.4) is 0 Å². The summed E-state index contributed by atoms with van der Waals surface area (Å²) < 4.78 is 0. The lowest BCUT2D eigenvalue weighted by Crippen LogP contribution is -2.15. The van der Waals surface area contributed by atoms with Gasteiger partial charge in [-0.2, -0.15) is 0 Å². The second-order valence-electron chi connectivity index (χ2n) is 7.24. The van der Waals surface area contributed by atoms with Crippen LogP contribution in [0.2, 0.25) is 5.02 Å². The van der Waals surface area contributed by atoms with Gasteiger partial charge in [-0.25, -0.2) is 0 Å². The van der Waals surface area contributed by atoms with Crippen LogP contribution in [0.15, 0.2) is 48.0 Å². The molecule has 1 heteroatoms. The third-order valence-corrected chi connectivity index (χ3v) is 5.77. The molecule has 23 heavy (non-hydrogen) atoms. The third kappa shape index (κ3) is 2.54. The topological polar surface area (TPSA) is 0 Å². The second kappa shape index (κ2) is 5.83. The second-order valence-corrected chi connectivity index (χ2v) is 7.67. The van der Waals surface area contributed by atoms with Gasteiger partial charge in [0.25, 0.3) is 0 Å². The minimum absolute atomic E-state index is 0.784. The number of allylic oxidation sites excluding steroid dienone is 1. The van der Waals surface area contributed by atoms with Gasteiger partial charge in [0, 0.05) is 5.02 Å². The van der Waals surface area contributed by atoms with Crippen LogP contribution < -0.4 is 0 Å². The molecule has 0 aliphatic heterocycles. The van der Waals surface area contributed by atoms with Crippen molar-refractivity contribution >= 4 is 17.2 Å². The third-order valence-electron chi connectivity index (χ3n) is 5.53. The van der Waals surface area contributed by atoms with Gasteiger partial charge in [-0.3, -0.25) is 0 Å². The van der Waals surface area contributed by atoms with Crippen LogP contribution >= 0.6 is 11.6 Å². The predicted octanol–water partition coefficient (Wildman–Crippen LogP) is 6.97. The fourth-order valence-electron chi connectivity index (χ4n) is 4.52. The van der Waals surface area contributed by atoms with Crippen molar-refractivity contribution in [2.24, 2.45) is 11.8 Å². The fraction of sp³-hybridized carbons (Fsp3) is 0.364. The van der Waals surface area contributed by atoms with Gasteiger partial charge < -0.3 is 0 Å². The van der Waals surface area contributed by atoms with Crippen LogP contribution in [0, 0.1) is 11.8 Å². The minimum atomic E-state index is 0.784. The summed E-state index contributed by atoms with van der Waals surface area (Å²) in [4.78, 5) is 0. The number of hydrogen-bond acceptors (Lipinski definition) is 0. The summed E-state index contributed by atoms with van der Waals surface area (Å²) in [6.45, 7) is 4.74. The summed E-state index contributed by atoms with van der Waals surface area (Å²) in [5.74, 6) is 1.61. The molecule has 2 unspecified atom stereocenters. The van der Waals surface area contributed by atoms with Gasteiger partial charge in [-0.15, -0.1) is 0 Å². The highest BCUT2D eigenvalue weighted by atomic mass is 35.5. The summed E-state index contributed by atoms with van der Waals surface area (Å²) in [6.07, 6.45) is 5.13. The molecule has 0 nitrogen and oxygen atoms in total. The molecular formula is C22H23Cl. The van der Waals surface area contributed by atoms with Gasteiger partial charge in [-0.1, -0.05) is 67.8 Å². The first kappa shape index (κ1) is 15.0. The van der Waals surface area contributed by atoms with Crippen LogP contribution in [0.4, 0.5) is 0 Å². The van der Waals surface area contributed by atoms with Crippen molar-refractivity contribution in [3.8, 4) is 11.1 Å². The van der Waals surface area contributed by atoms with Crippen molar-refractivity contribution in [2.75, 3.05) is 0 Å². The lowest BCUT2D eigenvalue weighted by atomic mass is 9.75. The zero-order valence-corrected chi connectivity index (χ0v) is 14.7. The molecule has 0 N–H and O–H groups in total. The van der Waals surface area contributed by atoms with E-state index in [1.165, 1.54) is 53.5 Å². The molecule has 4 rings (SSSR count). The van der Waals surface area contributed by atoms with Crippen LogP contribution in [0.25, 0.3) is 16.7 Å². The maximum absolute atomic E-state index is 6.33. The summed E-state index contributed by atoms with van der Waals surface area (Å²) in [7, 11) is 0. The van der Waals surface area contributed by atoms with Gasteiger partial charge in [0.1, 0.15) is 0 Å². The molecule has 1 saturated carbocycles. The zero-order valence-electron chi connectivity index (χ0n) is 13.9. The molecule has 0 radical (unpaired) electrons. The summed E-state index contributed by atoms with van der Waals surface area (Å²) in [6, 6.07) is 15.2. The van der Waals surface area contributed by atoms with E-state index >= 15 is 0 Å². The number of fused-ring (bicyclic) bond motifs is 3. The van der Waals surface area contributed by atoms with Gasteiger partial charge in [0.2, 0.25) is 0 Å². The first-order valence-electron chi connectivity index (χ1n) is 8.79. The maximum atomic E-state index is 6.33. The first-order chi connectivity index (χ1) is 11.2. The quantitative estimate of drug-likeness (QED) is 0.454. The van der Waals surface area contributed by atoms with Gasteiger partial charge >= 0.3 is 0 Å². The highest BCUT2D eigenvalue weighted by molar-refractivity contribution is 6.31. The molecule has 2 atom stereocenters. The molecule has 0 saturated heterocycles. The number of hydrogen-bond donors (Lipinski definition) is 0. The number of rotatable bonds is 1. The predicted molar refractivity (Wildman–Crippen MR) is 99.7 cm³/mol. The minimum Gasteiger partial charge on any atom is -0.0843 e. The first-order valence-corrected chi connectivity index (χ1v) is 9.17. The Balaban J connectivity index is 1.94. The van der Waals surface area contributed by atoms with E-state index in [-0.39, 0.29) is 0 Å². The van der Waals surface area contributed by atoms with Crippen molar-refractivity contribution < 1.29 is 0 Å². The largest absolute Gasteiger partial charge is 0.0843 e. The van der Waals surface area contributed by atoms with E-state index in [9.17, 15) is 0 Å². The summed E-state index contributed by atoms with van der Waals surface area (Å²) in [5.41, 5.74) is 8.58. The van der Waals surface area contributed by atoms with E-state index in [4.69, 9.17) is 11.6 Å². The molecule has 2 aromatic carbocycles. The lowest BCUT2D eigenvalue weighted by Gasteiger charge is -2.30. The maximum Gasteiger partial charge on any atom is 0.0412 e. The molecule has 0 amide bonds. The Morgan fingerprint density at radius 1 is 0.957 bits per heavy atom. The van der Waals surface area contributed by atoms with Crippen LogP contribution in [0.5, 0.6) is 0 Å². The molecule has 0 heterocycles. The average molecular weight is 323 g/mol. The Morgan fingerprint density at radius 2 is 1.70 bits per heavy atom. The normalized spacial score (nSPS) is 26.0. The Bertz CT molecular complexity index is 784. The van der Waals surface area contributed by atoms with E-state index in [1.807, 2.05) is 6.07 Å². The van der Waals surface area contributed by atoms with Crippen molar-refractivity contribution in [1.82, 2.24) is 0 Å². The Hall–Kier alpha value is -1.53. The number of halogens is 1. The van der Waals surface area contributed by atoms with Crippen molar-refractivity contribution in [2.45, 2.75) is 39.5 Å². The summed E-state index contributed by atoms with van der Waals surface area (Å²) in [5, 5.41) is 0.838. The monoisotopic (exact) mass is 322 g/mol. The summed E-state index contributed by atoms with van der Waals surface area (Å²) >= 11 is 6.33. The molecule has 2 aliphatic rings. The molecule has 0 aromatic heterocycles. The molecule has 2 aliphatic carbocycles. The highest BCUT2D eigenvalue weighted by Gasteiger charge is 2.29. The van der Waals surface area contributed by atoms with Gasteiger partial charge in [0.15, 0.2) is 0 Å². The van der Waals surface area contributed by atoms with Crippen LogP contribution in [-0.4, -0.2) is 0 Å². The molecular weight excluding hydrogens is 300 g/mol. The van der Waals surface area contributed by atoms with Crippen LogP contribution in [0.1, 0.15) is 50.7 Å². The van der Waals surface area contributed by atoms with E-state index in [0.717, 1.165) is 16.9 Å². The lowest BCUT2D eigenvalue weighted by molar-refractivity contribution is 0.330. The number of benzene rings is 2. The molecule has 1 fully saturated rings. The Kier molecular flexibility index (Phi) is 3.81. The smallest absolute Gasteiger partial charge is 0.0412 e. The highest BCUT2D eigenvalue weighted by Crippen LogP contribution is 2.49. The Morgan fingerprint density at radius 3 is 2.48 bits per heavy atom.